The Balaban J connectivity index is 1.91. The minimum Gasteiger partial charge on any atom is -0.493 e. The van der Waals surface area contributed by atoms with Crippen LogP contribution in [0.3, 0.4) is 0 Å². The first-order valence-electron chi connectivity index (χ1n) is 8.31. The van der Waals surface area contributed by atoms with Gasteiger partial charge in [-0.25, -0.2) is 0 Å². The van der Waals surface area contributed by atoms with E-state index in [1.165, 1.54) is 37.1 Å². The zero-order chi connectivity index (χ0) is 16.1. The molecule has 3 rings (SSSR count). The Hall–Kier alpha value is -2.00. The topological polar surface area (TPSA) is 21.7 Å². The Morgan fingerprint density at radius 2 is 1.61 bits per heavy atom. The van der Waals surface area contributed by atoms with Crippen molar-refractivity contribution in [2.24, 2.45) is 0 Å². The standard InChI is InChI=1S/C20H25NO2/c1-22-19-11-10-17(15-20(19)23-2)18(21-12-6-7-13-21)14-16-8-4-3-5-9-16/h3-5,8-11,15,18H,6-7,12-14H2,1-2H3. The van der Waals surface area contributed by atoms with Gasteiger partial charge in [0.25, 0.3) is 0 Å². The van der Waals surface area contributed by atoms with Gasteiger partial charge in [0.15, 0.2) is 11.5 Å². The number of likely N-dealkylation sites (tertiary alicyclic amines) is 1. The van der Waals surface area contributed by atoms with E-state index in [1.807, 2.05) is 6.07 Å². The van der Waals surface area contributed by atoms with E-state index < -0.39 is 0 Å². The minimum absolute atomic E-state index is 0.389. The monoisotopic (exact) mass is 311 g/mol. The Labute approximate surface area is 138 Å². The van der Waals surface area contributed by atoms with Crippen molar-refractivity contribution in [3.63, 3.8) is 0 Å². The summed E-state index contributed by atoms with van der Waals surface area (Å²) >= 11 is 0. The van der Waals surface area contributed by atoms with Gasteiger partial charge in [0.05, 0.1) is 14.2 Å². The van der Waals surface area contributed by atoms with Crippen LogP contribution in [0, 0.1) is 0 Å². The molecule has 0 aliphatic carbocycles. The number of hydrogen-bond donors (Lipinski definition) is 0. The molecule has 1 unspecified atom stereocenters. The van der Waals surface area contributed by atoms with Crippen molar-refractivity contribution < 1.29 is 9.47 Å². The quantitative estimate of drug-likeness (QED) is 0.802. The largest absolute Gasteiger partial charge is 0.493 e. The van der Waals surface area contributed by atoms with Gasteiger partial charge in [0, 0.05) is 6.04 Å². The molecule has 3 heteroatoms. The molecule has 3 nitrogen and oxygen atoms in total. The highest BCUT2D eigenvalue weighted by atomic mass is 16.5. The molecular weight excluding hydrogens is 286 g/mol. The first-order valence-corrected chi connectivity index (χ1v) is 8.31. The molecule has 1 atom stereocenters. The van der Waals surface area contributed by atoms with Crippen LogP contribution in [0.4, 0.5) is 0 Å². The lowest BCUT2D eigenvalue weighted by Gasteiger charge is -2.28. The van der Waals surface area contributed by atoms with E-state index in [4.69, 9.17) is 9.47 Å². The molecule has 0 aromatic heterocycles. The number of ether oxygens (including phenoxy) is 2. The molecule has 1 saturated heterocycles. The maximum atomic E-state index is 5.50. The second-order valence-electron chi connectivity index (χ2n) is 6.06. The van der Waals surface area contributed by atoms with Crippen LogP contribution in [0.2, 0.25) is 0 Å². The molecule has 0 saturated carbocycles. The van der Waals surface area contributed by atoms with Gasteiger partial charge in [-0.15, -0.1) is 0 Å². The van der Waals surface area contributed by atoms with Crippen LogP contribution in [0.5, 0.6) is 11.5 Å². The summed E-state index contributed by atoms with van der Waals surface area (Å²) in [6.45, 7) is 2.34. The highest BCUT2D eigenvalue weighted by molar-refractivity contribution is 5.44. The summed E-state index contributed by atoms with van der Waals surface area (Å²) in [7, 11) is 3.38. The molecule has 23 heavy (non-hydrogen) atoms. The summed E-state index contributed by atoms with van der Waals surface area (Å²) in [4.78, 5) is 2.59. The first kappa shape index (κ1) is 15.9. The molecule has 2 aromatic rings. The summed E-state index contributed by atoms with van der Waals surface area (Å²) in [6, 6.07) is 17.4. The fourth-order valence-corrected chi connectivity index (χ4v) is 3.41. The molecule has 2 aromatic carbocycles. The Kier molecular flexibility index (Phi) is 5.19. The summed E-state index contributed by atoms with van der Waals surface area (Å²) in [5.74, 6) is 1.60. The van der Waals surface area contributed by atoms with E-state index in [0.717, 1.165) is 17.9 Å². The number of rotatable bonds is 6. The fourth-order valence-electron chi connectivity index (χ4n) is 3.41. The number of methoxy groups -OCH3 is 2. The van der Waals surface area contributed by atoms with Crippen molar-refractivity contribution in [3.05, 3.63) is 59.7 Å². The van der Waals surface area contributed by atoms with Crippen molar-refractivity contribution in [2.45, 2.75) is 25.3 Å². The van der Waals surface area contributed by atoms with Gasteiger partial charge in [0.1, 0.15) is 0 Å². The summed E-state index contributed by atoms with van der Waals surface area (Å²) in [5, 5.41) is 0. The van der Waals surface area contributed by atoms with Crippen molar-refractivity contribution in [1.29, 1.82) is 0 Å². The van der Waals surface area contributed by atoms with Crippen LogP contribution in [0.1, 0.15) is 30.0 Å². The predicted octanol–water partition coefficient (Wildman–Crippen LogP) is 4.08. The predicted molar refractivity (Wildman–Crippen MR) is 93.2 cm³/mol. The summed E-state index contributed by atoms with van der Waals surface area (Å²) in [6.07, 6.45) is 3.60. The molecule has 1 heterocycles. The van der Waals surface area contributed by atoms with E-state index in [9.17, 15) is 0 Å². The van der Waals surface area contributed by atoms with E-state index in [1.54, 1.807) is 14.2 Å². The highest BCUT2D eigenvalue weighted by Crippen LogP contribution is 2.34. The van der Waals surface area contributed by atoms with Crippen molar-refractivity contribution >= 4 is 0 Å². The SMILES string of the molecule is COc1ccc(C(Cc2ccccc2)N2CCCC2)cc1OC. The molecule has 0 radical (unpaired) electrons. The maximum absolute atomic E-state index is 5.50. The lowest BCUT2D eigenvalue weighted by atomic mass is 9.97. The first-order chi connectivity index (χ1) is 11.3. The van der Waals surface area contributed by atoms with Crippen LogP contribution in [0.25, 0.3) is 0 Å². The molecular formula is C20H25NO2. The minimum atomic E-state index is 0.389. The smallest absolute Gasteiger partial charge is 0.161 e. The van der Waals surface area contributed by atoms with Crippen LogP contribution in [-0.4, -0.2) is 32.2 Å². The molecule has 1 fully saturated rings. The highest BCUT2D eigenvalue weighted by Gasteiger charge is 2.24. The third kappa shape index (κ3) is 3.67. The molecule has 0 spiro atoms. The van der Waals surface area contributed by atoms with Gasteiger partial charge < -0.3 is 9.47 Å². The average Bonchev–Trinajstić information content (AvgIpc) is 3.14. The van der Waals surface area contributed by atoms with E-state index in [2.05, 4.69) is 47.4 Å². The molecule has 1 aliphatic heterocycles. The summed E-state index contributed by atoms with van der Waals surface area (Å²) < 4.78 is 10.9. The second-order valence-corrected chi connectivity index (χ2v) is 6.06. The Morgan fingerprint density at radius 1 is 0.913 bits per heavy atom. The van der Waals surface area contributed by atoms with Gasteiger partial charge in [-0.05, 0) is 55.6 Å². The van der Waals surface area contributed by atoms with Crippen molar-refractivity contribution in [2.75, 3.05) is 27.3 Å². The number of hydrogen-bond acceptors (Lipinski definition) is 3. The zero-order valence-electron chi connectivity index (χ0n) is 14.0. The van der Waals surface area contributed by atoms with Gasteiger partial charge >= 0.3 is 0 Å². The van der Waals surface area contributed by atoms with Gasteiger partial charge in [-0.2, -0.15) is 0 Å². The molecule has 0 amide bonds. The lowest BCUT2D eigenvalue weighted by molar-refractivity contribution is 0.243. The van der Waals surface area contributed by atoms with Crippen molar-refractivity contribution in [1.82, 2.24) is 4.90 Å². The normalized spacial score (nSPS) is 16.3. The second kappa shape index (κ2) is 7.51. The number of nitrogens with zero attached hydrogens (tertiary/aromatic N) is 1. The number of benzene rings is 2. The molecule has 0 N–H and O–H groups in total. The molecule has 122 valence electrons. The maximum Gasteiger partial charge on any atom is 0.161 e. The van der Waals surface area contributed by atoms with Gasteiger partial charge in [-0.1, -0.05) is 36.4 Å². The Bertz CT molecular complexity index is 621. The lowest BCUT2D eigenvalue weighted by Crippen LogP contribution is -2.27. The van der Waals surface area contributed by atoms with Crippen LogP contribution >= 0.6 is 0 Å². The van der Waals surface area contributed by atoms with Crippen LogP contribution < -0.4 is 9.47 Å². The van der Waals surface area contributed by atoms with Crippen molar-refractivity contribution in [3.8, 4) is 11.5 Å². The van der Waals surface area contributed by atoms with Crippen LogP contribution in [0.15, 0.2) is 48.5 Å². The van der Waals surface area contributed by atoms with Gasteiger partial charge in [-0.3, -0.25) is 4.90 Å². The van der Waals surface area contributed by atoms with Crippen LogP contribution in [-0.2, 0) is 6.42 Å². The Morgan fingerprint density at radius 3 is 2.26 bits per heavy atom. The zero-order valence-corrected chi connectivity index (χ0v) is 14.0. The van der Waals surface area contributed by atoms with E-state index in [-0.39, 0.29) is 0 Å². The summed E-state index contributed by atoms with van der Waals surface area (Å²) in [5.41, 5.74) is 2.67. The molecule has 1 aliphatic rings. The third-order valence-electron chi connectivity index (χ3n) is 4.65. The fraction of sp³-hybridized carbons (Fsp3) is 0.400. The van der Waals surface area contributed by atoms with Gasteiger partial charge in [0.2, 0.25) is 0 Å². The van der Waals surface area contributed by atoms with E-state index in [0.29, 0.717) is 6.04 Å². The van der Waals surface area contributed by atoms with E-state index >= 15 is 0 Å². The third-order valence-corrected chi connectivity index (χ3v) is 4.65. The molecule has 0 bridgehead atoms. The average molecular weight is 311 g/mol.